The number of carbonyl (C=O) groups is 1. The SMILES string of the molecule is N#CC1(c2ccccc2)CCC(N2CCC(C(=O)N3CCCCC3)(c3ccccc3)CC2)CC1. The molecule has 34 heavy (non-hydrogen) atoms. The van der Waals surface area contributed by atoms with E-state index in [9.17, 15) is 10.1 Å². The van der Waals surface area contributed by atoms with E-state index in [4.69, 9.17) is 0 Å². The summed E-state index contributed by atoms with van der Waals surface area (Å²) in [6, 6.07) is 24.1. The Morgan fingerprint density at radius 3 is 1.88 bits per heavy atom. The molecule has 1 saturated carbocycles. The topological polar surface area (TPSA) is 47.3 Å². The van der Waals surface area contributed by atoms with Crippen molar-refractivity contribution >= 4 is 5.91 Å². The van der Waals surface area contributed by atoms with Gasteiger partial charge in [0, 0.05) is 19.1 Å². The van der Waals surface area contributed by atoms with E-state index in [1.54, 1.807) is 0 Å². The van der Waals surface area contributed by atoms with Gasteiger partial charge in [-0.25, -0.2) is 0 Å². The fourth-order valence-electron chi connectivity index (χ4n) is 6.74. The van der Waals surface area contributed by atoms with Crippen molar-refractivity contribution in [2.75, 3.05) is 26.2 Å². The second-order valence-corrected chi connectivity index (χ2v) is 10.6. The van der Waals surface area contributed by atoms with Gasteiger partial charge in [-0.2, -0.15) is 5.26 Å². The predicted octanol–water partition coefficient (Wildman–Crippen LogP) is 5.44. The lowest BCUT2D eigenvalue weighted by atomic mass is 9.67. The van der Waals surface area contributed by atoms with Crippen LogP contribution in [-0.2, 0) is 15.6 Å². The summed E-state index contributed by atoms with van der Waals surface area (Å²) in [5.41, 5.74) is 1.64. The van der Waals surface area contributed by atoms with Crippen molar-refractivity contribution in [2.24, 2.45) is 0 Å². The first kappa shape index (κ1) is 23.1. The average Bonchev–Trinajstić information content (AvgIpc) is 2.94. The molecule has 2 saturated heterocycles. The normalized spacial score (nSPS) is 27.6. The zero-order valence-electron chi connectivity index (χ0n) is 20.3. The number of piperidine rings is 2. The van der Waals surface area contributed by atoms with Gasteiger partial charge in [0.2, 0.25) is 5.91 Å². The summed E-state index contributed by atoms with van der Waals surface area (Å²) < 4.78 is 0. The molecule has 4 nitrogen and oxygen atoms in total. The molecule has 0 spiro atoms. The summed E-state index contributed by atoms with van der Waals surface area (Å²) in [6.45, 7) is 3.75. The molecule has 3 aliphatic rings. The Morgan fingerprint density at radius 2 is 1.32 bits per heavy atom. The molecule has 1 amide bonds. The molecule has 1 aliphatic carbocycles. The lowest BCUT2D eigenvalue weighted by Gasteiger charge is -2.48. The van der Waals surface area contributed by atoms with Gasteiger partial charge in [-0.3, -0.25) is 4.79 Å². The van der Waals surface area contributed by atoms with E-state index in [1.165, 1.54) is 17.5 Å². The number of likely N-dealkylation sites (tertiary alicyclic amines) is 2. The molecule has 0 unspecified atom stereocenters. The molecule has 0 N–H and O–H groups in total. The van der Waals surface area contributed by atoms with Crippen LogP contribution in [0.5, 0.6) is 0 Å². The summed E-state index contributed by atoms with van der Waals surface area (Å²) in [5, 5.41) is 10.1. The first-order chi connectivity index (χ1) is 16.7. The number of hydrogen-bond acceptors (Lipinski definition) is 3. The Balaban J connectivity index is 1.28. The summed E-state index contributed by atoms with van der Waals surface area (Å²) >= 11 is 0. The van der Waals surface area contributed by atoms with E-state index in [1.807, 2.05) is 24.3 Å². The van der Waals surface area contributed by atoms with Crippen LogP contribution in [0.15, 0.2) is 60.7 Å². The van der Waals surface area contributed by atoms with Crippen molar-refractivity contribution in [3.05, 3.63) is 71.8 Å². The molecule has 0 bridgehead atoms. The van der Waals surface area contributed by atoms with Crippen LogP contribution in [0.3, 0.4) is 0 Å². The van der Waals surface area contributed by atoms with Crippen molar-refractivity contribution in [1.82, 2.24) is 9.80 Å². The van der Waals surface area contributed by atoms with E-state index in [0.29, 0.717) is 11.9 Å². The fraction of sp³-hybridized carbons (Fsp3) is 0.533. The molecular formula is C30H37N3O. The van der Waals surface area contributed by atoms with Gasteiger partial charge in [0.25, 0.3) is 0 Å². The smallest absolute Gasteiger partial charge is 0.233 e. The zero-order chi connectivity index (χ0) is 23.4. The molecule has 2 aliphatic heterocycles. The van der Waals surface area contributed by atoms with E-state index in [2.05, 4.69) is 52.3 Å². The Bertz CT molecular complexity index is 990. The quantitative estimate of drug-likeness (QED) is 0.617. The van der Waals surface area contributed by atoms with Crippen LogP contribution in [0, 0.1) is 11.3 Å². The lowest BCUT2D eigenvalue weighted by molar-refractivity contribution is -0.140. The van der Waals surface area contributed by atoms with Gasteiger partial charge in [-0.1, -0.05) is 60.7 Å². The maximum absolute atomic E-state index is 13.9. The number of carbonyl (C=O) groups excluding carboxylic acids is 1. The Hall–Kier alpha value is -2.64. The van der Waals surface area contributed by atoms with Crippen molar-refractivity contribution in [1.29, 1.82) is 5.26 Å². The van der Waals surface area contributed by atoms with Crippen LogP contribution >= 0.6 is 0 Å². The van der Waals surface area contributed by atoms with Gasteiger partial charge < -0.3 is 9.80 Å². The minimum Gasteiger partial charge on any atom is -0.342 e. The Kier molecular flexibility index (Phi) is 6.75. The molecule has 0 atom stereocenters. The maximum Gasteiger partial charge on any atom is 0.233 e. The molecule has 178 valence electrons. The molecular weight excluding hydrogens is 418 g/mol. The molecule has 4 heteroatoms. The second kappa shape index (κ2) is 9.92. The molecule has 0 radical (unpaired) electrons. The monoisotopic (exact) mass is 455 g/mol. The van der Waals surface area contributed by atoms with Crippen molar-refractivity contribution in [2.45, 2.75) is 74.7 Å². The molecule has 2 aromatic rings. The minimum atomic E-state index is -0.385. The number of hydrogen-bond donors (Lipinski definition) is 0. The van der Waals surface area contributed by atoms with Gasteiger partial charge in [-0.15, -0.1) is 0 Å². The molecule has 5 rings (SSSR count). The maximum atomic E-state index is 13.9. The van der Waals surface area contributed by atoms with Crippen LogP contribution in [0.25, 0.3) is 0 Å². The van der Waals surface area contributed by atoms with Gasteiger partial charge in [0.15, 0.2) is 0 Å². The Labute approximate surface area is 204 Å². The summed E-state index contributed by atoms with van der Waals surface area (Å²) in [6.07, 6.45) is 9.25. The highest BCUT2D eigenvalue weighted by Crippen LogP contribution is 2.43. The number of rotatable bonds is 4. The number of amides is 1. The van der Waals surface area contributed by atoms with Crippen LogP contribution in [0.1, 0.15) is 68.9 Å². The van der Waals surface area contributed by atoms with E-state index in [-0.39, 0.29) is 10.8 Å². The first-order valence-corrected chi connectivity index (χ1v) is 13.2. The number of nitrogens with zero attached hydrogens (tertiary/aromatic N) is 3. The van der Waals surface area contributed by atoms with Crippen molar-refractivity contribution in [3.63, 3.8) is 0 Å². The fourth-order valence-corrected chi connectivity index (χ4v) is 6.74. The van der Waals surface area contributed by atoms with Crippen LogP contribution in [0.4, 0.5) is 0 Å². The minimum absolute atomic E-state index is 0.342. The highest BCUT2D eigenvalue weighted by atomic mass is 16.2. The molecule has 2 aromatic carbocycles. The standard InChI is InChI=1S/C30H37N3O/c31-24-29(25-10-4-1-5-11-25)16-14-27(15-17-29)32-22-18-30(19-23-32,26-12-6-2-7-13-26)28(34)33-20-8-3-9-21-33/h1-2,4-7,10-13,27H,3,8-9,14-23H2. The highest BCUT2D eigenvalue weighted by molar-refractivity contribution is 5.88. The van der Waals surface area contributed by atoms with Crippen LogP contribution < -0.4 is 0 Å². The average molecular weight is 456 g/mol. The van der Waals surface area contributed by atoms with E-state index in [0.717, 1.165) is 77.5 Å². The van der Waals surface area contributed by atoms with Gasteiger partial charge in [-0.05, 0) is 82.0 Å². The van der Waals surface area contributed by atoms with Crippen molar-refractivity contribution < 1.29 is 4.79 Å². The third kappa shape index (κ3) is 4.27. The van der Waals surface area contributed by atoms with Gasteiger partial charge >= 0.3 is 0 Å². The van der Waals surface area contributed by atoms with Crippen LogP contribution in [-0.4, -0.2) is 47.9 Å². The van der Waals surface area contributed by atoms with E-state index >= 15 is 0 Å². The molecule has 0 aromatic heterocycles. The van der Waals surface area contributed by atoms with E-state index < -0.39 is 0 Å². The summed E-state index contributed by atoms with van der Waals surface area (Å²) in [4.78, 5) is 18.7. The third-order valence-electron chi connectivity index (χ3n) is 8.90. The second-order valence-electron chi connectivity index (χ2n) is 10.6. The zero-order valence-corrected chi connectivity index (χ0v) is 20.3. The predicted molar refractivity (Wildman–Crippen MR) is 135 cm³/mol. The van der Waals surface area contributed by atoms with Crippen LogP contribution in [0.2, 0.25) is 0 Å². The largest absolute Gasteiger partial charge is 0.342 e. The van der Waals surface area contributed by atoms with Gasteiger partial charge in [0.1, 0.15) is 0 Å². The molecule has 2 heterocycles. The summed E-state index contributed by atoms with van der Waals surface area (Å²) in [7, 11) is 0. The highest BCUT2D eigenvalue weighted by Gasteiger charge is 2.47. The summed E-state index contributed by atoms with van der Waals surface area (Å²) in [5.74, 6) is 0.356. The third-order valence-corrected chi connectivity index (χ3v) is 8.90. The molecule has 3 fully saturated rings. The number of nitriles is 1. The van der Waals surface area contributed by atoms with Crippen molar-refractivity contribution in [3.8, 4) is 6.07 Å². The van der Waals surface area contributed by atoms with Gasteiger partial charge in [0.05, 0.1) is 16.9 Å². The first-order valence-electron chi connectivity index (χ1n) is 13.2. The number of benzene rings is 2. The lowest BCUT2D eigenvalue weighted by Crippen LogP contribution is -2.56. The Morgan fingerprint density at radius 1 is 0.765 bits per heavy atom.